The number of aromatic nitrogens is 6. The number of fused-ring (bicyclic) bond motifs is 7. The highest BCUT2D eigenvalue weighted by molar-refractivity contribution is 7.32. The molecule has 0 fully saturated rings. The summed E-state index contributed by atoms with van der Waals surface area (Å²) in [5, 5.41) is 3.34. The van der Waals surface area contributed by atoms with Gasteiger partial charge in [0.25, 0.3) is 0 Å². The van der Waals surface area contributed by atoms with Gasteiger partial charge < -0.3 is 0 Å². The molecule has 0 N–H and O–H groups in total. The molecular formula is C62H76N6S8Si. The molecule has 1 aliphatic rings. The number of rotatable bonds is 28. The first-order valence-corrected chi connectivity index (χ1v) is 38.1. The molecule has 0 saturated heterocycles. The zero-order valence-corrected chi connectivity index (χ0v) is 54.1. The van der Waals surface area contributed by atoms with Crippen molar-refractivity contribution in [3.8, 4) is 51.8 Å². The zero-order valence-electron chi connectivity index (χ0n) is 46.5. The van der Waals surface area contributed by atoms with Gasteiger partial charge in [-0.3, -0.25) is 9.97 Å². The van der Waals surface area contributed by atoms with Crippen LogP contribution < -0.4 is 10.4 Å². The van der Waals surface area contributed by atoms with Crippen molar-refractivity contribution < 1.29 is 0 Å². The summed E-state index contributed by atoms with van der Waals surface area (Å²) < 4.78 is 25.7. The summed E-state index contributed by atoms with van der Waals surface area (Å²) >= 11 is 14.3. The molecule has 4 atom stereocenters. The van der Waals surface area contributed by atoms with E-state index in [0.717, 1.165) is 56.4 Å². The second-order valence-corrected chi connectivity index (χ2v) is 34.1. The summed E-state index contributed by atoms with van der Waals surface area (Å²) in [5.41, 5.74) is 8.05. The van der Waals surface area contributed by atoms with Crippen LogP contribution in [0.5, 0.6) is 0 Å². The van der Waals surface area contributed by atoms with E-state index in [1.54, 1.807) is 10.4 Å². The monoisotopic (exact) mass is 1190 g/mol. The van der Waals surface area contributed by atoms with Gasteiger partial charge in [-0.2, -0.15) is 17.5 Å². The number of unbranched alkanes of at least 4 members (excludes halogenated alkanes) is 4. The van der Waals surface area contributed by atoms with E-state index in [2.05, 4.69) is 104 Å². The van der Waals surface area contributed by atoms with Crippen LogP contribution in [0, 0.1) is 23.7 Å². The van der Waals surface area contributed by atoms with Gasteiger partial charge in [-0.05, 0) is 95.4 Å². The molecule has 4 unspecified atom stereocenters. The molecule has 11 heterocycles. The van der Waals surface area contributed by atoms with Crippen molar-refractivity contribution in [2.75, 3.05) is 0 Å². The third kappa shape index (κ3) is 11.2. The normalized spacial score (nSPS) is 16.2. The van der Waals surface area contributed by atoms with E-state index in [1.165, 1.54) is 209 Å². The molecular weight excluding hydrogens is 1110 g/mol. The summed E-state index contributed by atoms with van der Waals surface area (Å²) in [6, 6.07) is 17.6. The standard InChI is InChI=1S/C62H76N6S8Si/c1-9-17-21-37(13-5)25-41-27-47-49(69-41)29-51(71-47)57-59-55(65-75-67-59)43(33-63-57)45-31-53-61(73-45)62-54(77(53,35-39(15-7)23-19-11-3)36-40(16-8)24-20-12-4)32-46(74-62)44-34-64-58(60-56(44)66-76-68-60)52-30-50-48(72-52)28-42(70-50)26-38(14-6)22-18-10-2/h27-34,37-40H,9-26,35-36H2,1-8H3. The fourth-order valence-corrected chi connectivity index (χ4v) is 29.2. The van der Waals surface area contributed by atoms with Crippen molar-refractivity contribution in [2.45, 2.75) is 183 Å². The lowest BCUT2D eigenvalue weighted by Crippen LogP contribution is -2.56. The SMILES string of the molecule is CCCCC(CC)Cc1cc2sc(-c3ncc(-c4cc5c(s4)-c4sc(-c6cnc(-c7cc8sc(CC(CC)CCCC)cc8s7)c7nsnc67)cc4[Si]5(CC(CC)CCCC)CC(CC)CCCC)c4nsnc34)cc2s1. The molecule has 0 aliphatic carbocycles. The minimum atomic E-state index is -2.35. The van der Waals surface area contributed by atoms with E-state index in [1.807, 2.05) is 68.0 Å². The summed E-state index contributed by atoms with van der Waals surface area (Å²) in [6.07, 6.45) is 27.1. The van der Waals surface area contributed by atoms with Gasteiger partial charge in [0.05, 0.1) is 33.2 Å². The molecule has 10 aromatic rings. The van der Waals surface area contributed by atoms with Gasteiger partial charge in [0.2, 0.25) is 0 Å². The van der Waals surface area contributed by atoms with Crippen molar-refractivity contribution in [3.63, 3.8) is 0 Å². The molecule has 10 aromatic heterocycles. The van der Waals surface area contributed by atoms with E-state index >= 15 is 0 Å². The number of hydrogen-bond acceptors (Lipinski definition) is 14. The largest absolute Gasteiger partial charge is 0.252 e. The van der Waals surface area contributed by atoms with Crippen LogP contribution in [0.1, 0.15) is 168 Å². The average Bonchev–Trinajstić information content (AvgIpc) is 4.37. The second-order valence-electron chi connectivity index (χ2n) is 22.3. The van der Waals surface area contributed by atoms with E-state index in [4.69, 9.17) is 27.5 Å². The first-order valence-electron chi connectivity index (χ1n) is 29.3. The van der Waals surface area contributed by atoms with Gasteiger partial charge in [-0.15, -0.1) is 68.0 Å². The van der Waals surface area contributed by atoms with Crippen molar-refractivity contribution in [2.24, 2.45) is 23.7 Å². The Balaban J connectivity index is 0.979. The smallest absolute Gasteiger partial charge is 0.132 e. The Kier molecular flexibility index (Phi) is 18.1. The minimum Gasteiger partial charge on any atom is -0.252 e. The number of nitrogens with zero attached hydrogens (tertiary/aromatic N) is 6. The van der Waals surface area contributed by atoms with Crippen molar-refractivity contribution in [1.29, 1.82) is 0 Å². The quantitative estimate of drug-likeness (QED) is 0.0455. The Morgan fingerprint density at radius 3 is 1.16 bits per heavy atom. The number of hydrogen-bond donors (Lipinski definition) is 0. The van der Waals surface area contributed by atoms with Crippen molar-refractivity contribution >= 4 is 151 Å². The lowest BCUT2D eigenvalue weighted by Gasteiger charge is -2.35. The molecule has 6 nitrogen and oxygen atoms in total. The molecule has 1 aliphatic heterocycles. The van der Waals surface area contributed by atoms with Gasteiger partial charge in [-0.1, -0.05) is 158 Å². The van der Waals surface area contributed by atoms with Gasteiger partial charge in [0.1, 0.15) is 41.5 Å². The summed E-state index contributed by atoms with van der Waals surface area (Å²) in [4.78, 5) is 21.7. The first-order chi connectivity index (χ1) is 37.7. The second kappa shape index (κ2) is 24.9. The lowest BCUT2D eigenvalue weighted by atomic mass is 9.95. The molecule has 0 spiro atoms. The van der Waals surface area contributed by atoms with Crippen LogP contribution in [-0.2, 0) is 12.8 Å². The molecule has 0 amide bonds. The van der Waals surface area contributed by atoms with Crippen molar-refractivity contribution in [3.05, 3.63) is 58.5 Å². The van der Waals surface area contributed by atoms with Gasteiger partial charge >= 0.3 is 0 Å². The van der Waals surface area contributed by atoms with E-state index in [-0.39, 0.29) is 0 Å². The summed E-state index contributed by atoms with van der Waals surface area (Å²) in [7, 11) is -2.35. The van der Waals surface area contributed by atoms with Gasteiger partial charge in [0.15, 0.2) is 0 Å². The predicted molar refractivity (Wildman–Crippen MR) is 349 cm³/mol. The lowest BCUT2D eigenvalue weighted by molar-refractivity contribution is 0.452. The zero-order chi connectivity index (χ0) is 53.2. The Morgan fingerprint density at radius 2 is 0.779 bits per heavy atom. The number of thiophene rings is 6. The maximum absolute atomic E-state index is 5.33. The summed E-state index contributed by atoms with van der Waals surface area (Å²) in [6.45, 7) is 19.0. The summed E-state index contributed by atoms with van der Waals surface area (Å²) in [5.74, 6) is 2.92. The van der Waals surface area contributed by atoms with Crippen molar-refractivity contribution in [1.82, 2.24) is 27.5 Å². The van der Waals surface area contributed by atoms with Crippen LogP contribution in [0.2, 0.25) is 12.1 Å². The fourth-order valence-electron chi connectivity index (χ4n) is 12.6. The van der Waals surface area contributed by atoms with Crippen LogP contribution in [0.15, 0.2) is 48.8 Å². The topological polar surface area (TPSA) is 77.3 Å². The average molecular weight is 1190 g/mol. The van der Waals surface area contributed by atoms with E-state index < -0.39 is 8.07 Å². The highest BCUT2D eigenvalue weighted by Crippen LogP contribution is 2.51. The number of pyridine rings is 2. The maximum Gasteiger partial charge on any atom is 0.132 e. The molecule has 77 heavy (non-hydrogen) atoms. The fraction of sp³-hybridized carbons (Fsp3) is 0.516. The maximum atomic E-state index is 5.33. The van der Waals surface area contributed by atoms with Crippen LogP contribution in [0.3, 0.4) is 0 Å². The molecule has 0 radical (unpaired) electrons. The van der Waals surface area contributed by atoms with Gasteiger partial charge in [-0.25, -0.2) is 0 Å². The van der Waals surface area contributed by atoms with Crippen LogP contribution in [0.4, 0.5) is 0 Å². The van der Waals surface area contributed by atoms with E-state index in [0.29, 0.717) is 11.8 Å². The predicted octanol–water partition coefficient (Wildman–Crippen LogP) is 21.3. The Morgan fingerprint density at radius 1 is 0.403 bits per heavy atom. The van der Waals surface area contributed by atoms with E-state index in [9.17, 15) is 0 Å². The Hall–Kier alpha value is -3.12. The molecule has 0 saturated carbocycles. The Bertz CT molecular complexity index is 3280. The minimum absolute atomic E-state index is 0.692. The first kappa shape index (κ1) is 55.8. The van der Waals surface area contributed by atoms with Crippen LogP contribution in [-0.4, -0.2) is 35.5 Å². The molecule has 0 aromatic carbocycles. The Labute approximate surface area is 491 Å². The third-order valence-electron chi connectivity index (χ3n) is 17.2. The molecule has 15 heteroatoms. The molecule has 406 valence electrons. The van der Waals surface area contributed by atoms with Gasteiger partial charge in [0, 0.05) is 71.6 Å². The highest BCUT2D eigenvalue weighted by Gasteiger charge is 2.50. The molecule has 0 bridgehead atoms. The van der Waals surface area contributed by atoms with Crippen LogP contribution >= 0.6 is 91.5 Å². The molecule has 11 rings (SSSR count). The highest BCUT2D eigenvalue weighted by atomic mass is 32.1. The van der Waals surface area contributed by atoms with Crippen LogP contribution in [0.25, 0.3) is 92.6 Å². The third-order valence-corrected chi connectivity index (χ3v) is 31.2.